The van der Waals surface area contributed by atoms with Gasteiger partial charge in [0.05, 0.1) is 17.8 Å². The summed E-state index contributed by atoms with van der Waals surface area (Å²) in [5.41, 5.74) is 0.936. The van der Waals surface area contributed by atoms with Crippen molar-refractivity contribution in [1.82, 2.24) is 24.9 Å². The normalized spacial score (nSPS) is 10.6. The zero-order valence-electron chi connectivity index (χ0n) is 11.3. The molecule has 9 heteroatoms. The fourth-order valence-electron chi connectivity index (χ4n) is 1.82. The lowest BCUT2D eigenvalue weighted by atomic mass is 10.3. The number of carboxylic acid groups (broad SMARTS) is 1. The Kier molecular flexibility index (Phi) is 4.59. The number of hydrogen-bond donors (Lipinski definition) is 2. The number of aryl methyl sites for hydroxylation is 1. The van der Waals surface area contributed by atoms with Crippen molar-refractivity contribution in [3.63, 3.8) is 0 Å². The number of amides is 1. The van der Waals surface area contributed by atoms with Crippen LogP contribution in [0.3, 0.4) is 0 Å². The van der Waals surface area contributed by atoms with Gasteiger partial charge in [-0.2, -0.15) is 0 Å². The smallest absolute Gasteiger partial charge is 0.325 e. The molecular formula is C12H14ClN5O3. The van der Waals surface area contributed by atoms with Crippen molar-refractivity contribution >= 4 is 23.5 Å². The lowest BCUT2D eigenvalue weighted by Gasteiger charge is -2.06. The van der Waals surface area contributed by atoms with E-state index in [1.807, 2.05) is 6.92 Å². The number of aromatic nitrogens is 4. The molecule has 0 atom stereocenters. The summed E-state index contributed by atoms with van der Waals surface area (Å²) >= 11 is 5.88. The van der Waals surface area contributed by atoms with Gasteiger partial charge in [-0.05, 0) is 13.0 Å². The zero-order valence-corrected chi connectivity index (χ0v) is 12.0. The Bertz CT molecular complexity index is 664. The maximum Gasteiger partial charge on any atom is 0.325 e. The van der Waals surface area contributed by atoms with E-state index < -0.39 is 5.97 Å². The van der Waals surface area contributed by atoms with Crippen LogP contribution in [0.5, 0.6) is 0 Å². The Labute approximate surface area is 125 Å². The lowest BCUT2D eigenvalue weighted by molar-refractivity contribution is -0.137. The van der Waals surface area contributed by atoms with Gasteiger partial charge in [0.1, 0.15) is 17.9 Å². The van der Waals surface area contributed by atoms with Gasteiger partial charge in [-0.1, -0.05) is 16.8 Å². The molecule has 0 aliphatic rings. The maximum atomic E-state index is 12.1. The van der Waals surface area contributed by atoms with Crippen molar-refractivity contribution in [2.45, 2.75) is 26.6 Å². The average molecular weight is 312 g/mol. The summed E-state index contributed by atoms with van der Waals surface area (Å²) in [7, 11) is 0. The van der Waals surface area contributed by atoms with E-state index in [4.69, 9.17) is 16.7 Å². The van der Waals surface area contributed by atoms with Gasteiger partial charge >= 0.3 is 5.97 Å². The molecule has 2 rings (SSSR count). The molecule has 21 heavy (non-hydrogen) atoms. The molecule has 0 bridgehead atoms. The molecule has 8 nitrogen and oxygen atoms in total. The summed E-state index contributed by atoms with van der Waals surface area (Å²) in [4.78, 5) is 22.6. The van der Waals surface area contributed by atoms with Crippen molar-refractivity contribution in [3.05, 3.63) is 34.9 Å². The Balaban J connectivity index is 1.97. The third-order valence-electron chi connectivity index (χ3n) is 2.75. The Morgan fingerprint density at radius 2 is 2.19 bits per heavy atom. The Morgan fingerprint density at radius 1 is 1.43 bits per heavy atom. The van der Waals surface area contributed by atoms with Crippen molar-refractivity contribution in [2.24, 2.45) is 0 Å². The van der Waals surface area contributed by atoms with E-state index in [-0.39, 0.29) is 19.0 Å². The molecule has 0 aliphatic heterocycles. The number of aliphatic carboxylic acids is 1. The fourth-order valence-corrected chi connectivity index (χ4v) is 2.04. The molecular weight excluding hydrogens is 298 g/mol. The topological polar surface area (TPSA) is 102 Å². The van der Waals surface area contributed by atoms with Crippen LogP contribution in [0.25, 0.3) is 0 Å². The zero-order chi connectivity index (χ0) is 15.4. The van der Waals surface area contributed by atoms with Crippen molar-refractivity contribution < 1.29 is 14.7 Å². The Morgan fingerprint density at radius 3 is 2.86 bits per heavy atom. The second kappa shape index (κ2) is 6.40. The van der Waals surface area contributed by atoms with E-state index in [1.54, 1.807) is 16.8 Å². The molecule has 0 aliphatic carbocycles. The van der Waals surface area contributed by atoms with Crippen molar-refractivity contribution in [1.29, 1.82) is 0 Å². The van der Waals surface area contributed by atoms with Gasteiger partial charge in [-0.15, -0.1) is 5.10 Å². The number of nitrogens with one attached hydrogen (secondary N) is 1. The van der Waals surface area contributed by atoms with Crippen molar-refractivity contribution in [2.75, 3.05) is 0 Å². The first-order chi connectivity index (χ1) is 9.99. The molecule has 2 heterocycles. The highest BCUT2D eigenvalue weighted by molar-refractivity contribution is 6.31. The number of hydrogen-bond acceptors (Lipinski definition) is 4. The molecule has 0 spiro atoms. The predicted octanol–water partition coefficient (Wildman–Crippen LogP) is 0.767. The molecule has 2 aromatic heterocycles. The number of rotatable bonds is 6. The van der Waals surface area contributed by atoms with Gasteiger partial charge in [-0.25, -0.2) is 4.68 Å². The van der Waals surface area contributed by atoms with E-state index in [1.165, 1.54) is 10.9 Å². The number of halogens is 1. The van der Waals surface area contributed by atoms with Crippen LogP contribution in [0.4, 0.5) is 0 Å². The molecule has 0 unspecified atom stereocenters. The Hall–Kier alpha value is -2.35. The average Bonchev–Trinajstić information content (AvgIpc) is 3.01. The first-order valence-electron chi connectivity index (χ1n) is 6.24. The second-order valence-corrected chi connectivity index (χ2v) is 4.75. The summed E-state index contributed by atoms with van der Waals surface area (Å²) in [6.45, 7) is 2.43. The molecule has 1 amide bonds. The third-order valence-corrected chi connectivity index (χ3v) is 2.96. The molecule has 2 aromatic rings. The molecule has 2 N–H and O–H groups in total. The van der Waals surface area contributed by atoms with Crippen LogP contribution in [0.15, 0.2) is 18.5 Å². The molecule has 0 saturated carbocycles. The molecule has 112 valence electrons. The summed E-state index contributed by atoms with van der Waals surface area (Å²) in [5.74, 6) is -1.29. The van der Waals surface area contributed by atoms with E-state index in [9.17, 15) is 9.59 Å². The van der Waals surface area contributed by atoms with Crippen LogP contribution in [-0.4, -0.2) is 36.5 Å². The second-order valence-electron chi connectivity index (χ2n) is 4.31. The highest BCUT2D eigenvalue weighted by atomic mass is 35.5. The molecule has 0 fully saturated rings. The predicted molar refractivity (Wildman–Crippen MR) is 73.9 cm³/mol. The van der Waals surface area contributed by atoms with Crippen LogP contribution in [0.2, 0.25) is 5.02 Å². The van der Waals surface area contributed by atoms with Gasteiger partial charge in [0.2, 0.25) is 0 Å². The molecule has 0 radical (unpaired) electrons. The molecule has 0 saturated heterocycles. The van der Waals surface area contributed by atoms with Crippen LogP contribution >= 0.6 is 11.6 Å². The van der Waals surface area contributed by atoms with E-state index in [0.29, 0.717) is 23.0 Å². The first-order valence-corrected chi connectivity index (χ1v) is 6.62. The van der Waals surface area contributed by atoms with Crippen molar-refractivity contribution in [3.8, 4) is 0 Å². The maximum absolute atomic E-state index is 12.1. The van der Waals surface area contributed by atoms with Gasteiger partial charge < -0.3 is 15.0 Å². The lowest BCUT2D eigenvalue weighted by Crippen LogP contribution is -2.25. The van der Waals surface area contributed by atoms with E-state index in [2.05, 4.69) is 15.6 Å². The minimum Gasteiger partial charge on any atom is -0.480 e. The highest BCUT2D eigenvalue weighted by Gasteiger charge is 2.13. The van der Waals surface area contributed by atoms with Crippen LogP contribution in [0, 0.1) is 0 Å². The highest BCUT2D eigenvalue weighted by Crippen LogP contribution is 2.14. The standard InChI is InChI=1S/C12H14ClN5O3/c1-2-17-5-8(13)3-10(17)12(21)14-4-9-6-18(16-15-9)7-11(19)20/h3,5-6H,2,4,7H2,1H3,(H,14,21)(H,19,20). The van der Waals surface area contributed by atoms with Crippen LogP contribution in [-0.2, 0) is 24.4 Å². The van der Waals surface area contributed by atoms with Crippen LogP contribution < -0.4 is 5.32 Å². The third kappa shape index (κ3) is 3.82. The summed E-state index contributed by atoms with van der Waals surface area (Å²) in [6, 6.07) is 1.58. The number of carbonyl (C=O) groups is 2. The number of carbonyl (C=O) groups excluding carboxylic acids is 1. The largest absolute Gasteiger partial charge is 0.480 e. The van der Waals surface area contributed by atoms with E-state index in [0.717, 1.165) is 0 Å². The van der Waals surface area contributed by atoms with Gasteiger partial charge in [0.25, 0.3) is 5.91 Å². The van der Waals surface area contributed by atoms with Crippen LogP contribution in [0.1, 0.15) is 23.1 Å². The summed E-state index contributed by atoms with van der Waals surface area (Å²) in [6.07, 6.45) is 3.15. The van der Waals surface area contributed by atoms with Gasteiger partial charge in [0.15, 0.2) is 0 Å². The number of carboxylic acids is 1. The minimum absolute atomic E-state index is 0.158. The van der Waals surface area contributed by atoms with E-state index >= 15 is 0 Å². The summed E-state index contributed by atoms with van der Waals surface area (Å²) < 4.78 is 2.92. The van der Waals surface area contributed by atoms with Gasteiger partial charge in [0, 0.05) is 12.7 Å². The summed E-state index contributed by atoms with van der Waals surface area (Å²) in [5, 5.41) is 19.3. The van der Waals surface area contributed by atoms with Gasteiger partial charge in [-0.3, -0.25) is 9.59 Å². The number of nitrogens with zero attached hydrogens (tertiary/aromatic N) is 4. The SMILES string of the molecule is CCn1cc(Cl)cc1C(=O)NCc1cn(CC(=O)O)nn1. The minimum atomic E-state index is -1.01. The fraction of sp³-hybridized carbons (Fsp3) is 0.333. The molecule has 0 aromatic carbocycles. The monoisotopic (exact) mass is 311 g/mol. The quantitative estimate of drug-likeness (QED) is 0.820. The first kappa shape index (κ1) is 15.0.